The van der Waals surface area contributed by atoms with Gasteiger partial charge in [-0.25, -0.2) is 8.42 Å². The Morgan fingerprint density at radius 3 is 2.35 bits per heavy atom. The summed E-state index contributed by atoms with van der Waals surface area (Å²) >= 11 is 0. The quantitative estimate of drug-likeness (QED) is 0.534. The predicted octanol–water partition coefficient (Wildman–Crippen LogP) is 3.26. The fourth-order valence-electron chi connectivity index (χ4n) is 4.08. The van der Waals surface area contributed by atoms with Crippen molar-refractivity contribution in [1.29, 1.82) is 5.26 Å². The molecule has 1 aliphatic rings. The molecule has 1 saturated heterocycles. The molecule has 1 amide bonds. The summed E-state index contributed by atoms with van der Waals surface area (Å²) in [7, 11) is -3.87. The van der Waals surface area contributed by atoms with Gasteiger partial charge in [-0.15, -0.1) is 0 Å². The minimum absolute atomic E-state index is 0.117. The first-order chi connectivity index (χ1) is 16.1. The molecule has 180 valence electrons. The molecule has 1 unspecified atom stereocenters. The van der Waals surface area contributed by atoms with Crippen molar-refractivity contribution in [3.05, 3.63) is 59.2 Å². The van der Waals surface area contributed by atoms with E-state index in [2.05, 4.69) is 0 Å². The van der Waals surface area contributed by atoms with E-state index in [1.54, 1.807) is 12.1 Å². The van der Waals surface area contributed by atoms with Crippen LogP contribution in [0, 0.1) is 32.1 Å². The van der Waals surface area contributed by atoms with Crippen LogP contribution in [0.15, 0.2) is 47.4 Å². The van der Waals surface area contributed by atoms with Crippen LogP contribution in [0.4, 0.5) is 5.69 Å². The van der Waals surface area contributed by atoms with Crippen LogP contribution in [0.25, 0.3) is 0 Å². The van der Waals surface area contributed by atoms with E-state index in [0.717, 1.165) is 21.0 Å². The molecule has 0 aliphatic carbocycles. The number of amides is 1. The zero-order valence-corrected chi connectivity index (χ0v) is 20.5. The zero-order valence-electron chi connectivity index (χ0n) is 19.7. The molecular weight excluding hydrogens is 454 g/mol. The molecule has 0 saturated carbocycles. The lowest BCUT2D eigenvalue weighted by atomic mass is 10.1. The third-order valence-corrected chi connectivity index (χ3v) is 7.63. The summed E-state index contributed by atoms with van der Waals surface area (Å²) in [6.07, 6.45) is 0.973. The van der Waals surface area contributed by atoms with Gasteiger partial charge in [0.1, 0.15) is 6.04 Å². The van der Waals surface area contributed by atoms with Crippen LogP contribution in [0.1, 0.15) is 36.0 Å². The fraction of sp³-hybridized carbons (Fsp3) is 0.400. The number of rotatable bonds is 8. The minimum Gasteiger partial charge on any atom is -0.454 e. The van der Waals surface area contributed by atoms with Crippen molar-refractivity contribution in [3.8, 4) is 6.07 Å². The number of sulfonamides is 1. The smallest absolute Gasteiger partial charge is 0.324 e. The van der Waals surface area contributed by atoms with Crippen LogP contribution < -0.4 is 4.90 Å². The highest BCUT2D eigenvalue weighted by Gasteiger charge is 2.40. The number of esters is 1. The second kappa shape index (κ2) is 10.8. The molecule has 2 aromatic carbocycles. The molecule has 0 bridgehead atoms. The van der Waals surface area contributed by atoms with Gasteiger partial charge in [0.2, 0.25) is 10.0 Å². The number of carbonyl (C=O) groups excluding carboxylic acids is 2. The SMILES string of the molecule is Cc1ccc(S(=O)(=O)N2CCCC2C(=O)OCC(=O)N(CCC#N)c2cc(C)cc(C)c2)cc1. The van der Waals surface area contributed by atoms with Crippen molar-refractivity contribution in [1.82, 2.24) is 4.31 Å². The van der Waals surface area contributed by atoms with E-state index >= 15 is 0 Å². The van der Waals surface area contributed by atoms with Gasteiger partial charge in [0, 0.05) is 18.8 Å². The van der Waals surface area contributed by atoms with Gasteiger partial charge in [0.25, 0.3) is 5.91 Å². The number of hydrogen-bond donors (Lipinski definition) is 0. The molecule has 1 heterocycles. The Labute approximate surface area is 200 Å². The Morgan fingerprint density at radius 2 is 1.74 bits per heavy atom. The maximum Gasteiger partial charge on any atom is 0.324 e. The van der Waals surface area contributed by atoms with E-state index in [-0.39, 0.29) is 24.4 Å². The minimum atomic E-state index is -3.87. The largest absolute Gasteiger partial charge is 0.454 e. The topological polar surface area (TPSA) is 108 Å². The monoisotopic (exact) mass is 483 g/mol. The van der Waals surface area contributed by atoms with Crippen LogP contribution in [0.3, 0.4) is 0 Å². The highest BCUT2D eigenvalue weighted by atomic mass is 32.2. The number of nitrogens with zero attached hydrogens (tertiary/aromatic N) is 3. The van der Waals surface area contributed by atoms with Crippen molar-refractivity contribution in [3.63, 3.8) is 0 Å². The Hall–Kier alpha value is -3.22. The highest BCUT2D eigenvalue weighted by molar-refractivity contribution is 7.89. The molecule has 0 spiro atoms. The second-order valence-electron chi connectivity index (χ2n) is 8.49. The number of anilines is 1. The van der Waals surface area contributed by atoms with Gasteiger partial charge < -0.3 is 9.64 Å². The average Bonchev–Trinajstić information content (AvgIpc) is 3.28. The first-order valence-electron chi connectivity index (χ1n) is 11.1. The third-order valence-electron chi connectivity index (χ3n) is 5.71. The number of hydrogen-bond acceptors (Lipinski definition) is 6. The van der Waals surface area contributed by atoms with Gasteiger partial charge in [-0.2, -0.15) is 9.57 Å². The summed E-state index contributed by atoms with van der Waals surface area (Å²) in [5.41, 5.74) is 3.48. The zero-order chi connectivity index (χ0) is 24.9. The maximum absolute atomic E-state index is 13.1. The van der Waals surface area contributed by atoms with E-state index in [1.807, 2.05) is 45.0 Å². The van der Waals surface area contributed by atoms with Crippen molar-refractivity contribution in [2.75, 3.05) is 24.6 Å². The van der Waals surface area contributed by atoms with Gasteiger partial charge in [0.05, 0.1) is 17.4 Å². The van der Waals surface area contributed by atoms with Gasteiger partial charge in [0.15, 0.2) is 6.61 Å². The van der Waals surface area contributed by atoms with Crippen LogP contribution in [0.2, 0.25) is 0 Å². The molecule has 1 atom stereocenters. The molecule has 0 N–H and O–H groups in total. The number of aryl methyl sites for hydroxylation is 3. The Bertz CT molecular complexity index is 1180. The molecule has 1 aliphatic heterocycles. The predicted molar refractivity (Wildman–Crippen MR) is 128 cm³/mol. The molecule has 0 aromatic heterocycles. The Balaban J connectivity index is 1.72. The lowest BCUT2D eigenvalue weighted by Gasteiger charge is -2.25. The molecule has 0 radical (unpaired) electrons. The molecule has 2 aromatic rings. The number of nitriles is 1. The second-order valence-corrected chi connectivity index (χ2v) is 10.4. The number of ether oxygens (including phenoxy) is 1. The number of benzene rings is 2. The van der Waals surface area contributed by atoms with Gasteiger partial charge >= 0.3 is 5.97 Å². The summed E-state index contributed by atoms with van der Waals surface area (Å²) in [4.78, 5) is 27.3. The van der Waals surface area contributed by atoms with E-state index in [9.17, 15) is 18.0 Å². The normalized spacial score (nSPS) is 16.1. The maximum atomic E-state index is 13.1. The van der Waals surface area contributed by atoms with Crippen molar-refractivity contribution < 1.29 is 22.7 Å². The van der Waals surface area contributed by atoms with Crippen molar-refractivity contribution in [2.24, 2.45) is 0 Å². The van der Waals surface area contributed by atoms with Gasteiger partial charge in [-0.05, 0) is 69.0 Å². The van der Waals surface area contributed by atoms with Crippen LogP contribution in [0.5, 0.6) is 0 Å². The van der Waals surface area contributed by atoms with E-state index in [0.29, 0.717) is 18.5 Å². The molecule has 34 heavy (non-hydrogen) atoms. The molecule has 8 nitrogen and oxygen atoms in total. The Kier molecular flexibility index (Phi) is 8.07. The fourth-order valence-corrected chi connectivity index (χ4v) is 5.73. The highest BCUT2D eigenvalue weighted by Crippen LogP contribution is 2.27. The van der Waals surface area contributed by atoms with Crippen LogP contribution in [-0.2, 0) is 24.3 Å². The summed E-state index contributed by atoms with van der Waals surface area (Å²) in [5, 5.41) is 8.99. The van der Waals surface area contributed by atoms with E-state index in [1.165, 1.54) is 17.0 Å². The van der Waals surface area contributed by atoms with Crippen molar-refractivity contribution in [2.45, 2.75) is 51.0 Å². The lowest BCUT2D eigenvalue weighted by Crippen LogP contribution is -2.43. The molecule has 3 rings (SSSR count). The van der Waals surface area contributed by atoms with Gasteiger partial charge in [-0.1, -0.05) is 23.8 Å². The summed E-state index contributed by atoms with van der Waals surface area (Å²) < 4.78 is 32.6. The summed E-state index contributed by atoms with van der Waals surface area (Å²) in [6.45, 7) is 5.51. The Morgan fingerprint density at radius 1 is 1.09 bits per heavy atom. The molecular formula is C25H29N3O5S. The standard InChI is InChI=1S/C25H29N3O5S/c1-18-7-9-22(10-8-18)34(31,32)28-13-4-6-23(28)25(30)33-17-24(29)27(12-5-11-26)21-15-19(2)14-20(3)16-21/h7-10,14-16,23H,4-6,12-13,17H2,1-3H3. The third kappa shape index (κ3) is 5.82. The summed E-state index contributed by atoms with van der Waals surface area (Å²) in [6, 6.07) is 13.1. The van der Waals surface area contributed by atoms with Gasteiger partial charge in [-0.3, -0.25) is 9.59 Å². The van der Waals surface area contributed by atoms with E-state index < -0.39 is 34.5 Å². The van der Waals surface area contributed by atoms with Crippen LogP contribution in [-0.4, -0.2) is 50.3 Å². The lowest BCUT2D eigenvalue weighted by molar-refractivity contribution is -0.151. The first-order valence-corrected chi connectivity index (χ1v) is 12.6. The van der Waals surface area contributed by atoms with Crippen LogP contribution >= 0.6 is 0 Å². The summed E-state index contributed by atoms with van der Waals surface area (Å²) in [5.74, 6) is -1.22. The number of carbonyl (C=O) groups is 2. The van der Waals surface area contributed by atoms with E-state index in [4.69, 9.17) is 10.00 Å². The van der Waals surface area contributed by atoms with Crippen molar-refractivity contribution >= 4 is 27.6 Å². The molecule has 1 fully saturated rings. The average molecular weight is 484 g/mol. The first kappa shape index (κ1) is 25.4. The molecule has 9 heteroatoms.